The molecule has 2 aromatic carbocycles. The number of para-hydroxylation sites is 1. The number of carbonyl (C=O) groups is 2. The van der Waals surface area contributed by atoms with Crippen LogP contribution < -0.4 is 5.32 Å². The van der Waals surface area contributed by atoms with Gasteiger partial charge < -0.3 is 15.4 Å². The monoisotopic (exact) mass is 444 g/mol. The molecule has 0 aliphatic carbocycles. The van der Waals surface area contributed by atoms with E-state index in [1.54, 1.807) is 24.3 Å². The number of hydrogen-bond acceptors (Lipinski definition) is 2. The number of alkyl halides is 6. The molecule has 11 heteroatoms. The minimum atomic E-state index is -5.13. The fraction of sp³-hybridized carbons (Fsp3) is 0.200. The Morgan fingerprint density at radius 3 is 2.10 bits per heavy atom. The number of H-pyrrole nitrogens is 1. The number of carboxylic acid groups (broad SMARTS) is 1. The molecule has 1 aromatic heterocycles. The largest absolute Gasteiger partial charge is 0.480 e. The number of halogens is 6. The quantitative estimate of drug-likeness (QED) is 0.502. The highest BCUT2D eigenvalue weighted by Gasteiger charge is 2.37. The van der Waals surface area contributed by atoms with Crippen molar-refractivity contribution >= 4 is 22.8 Å². The Hall–Kier alpha value is -3.50. The lowest BCUT2D eigenvalue weighted by Crippen LogP contribution is -2.42. The molecule has 31 heavy (non-hydrogen) atoms. The van der Waals surface area contributed by atoms with Gasteiger partial charge in [-0.2, -0.15) is 26.3 Å². The molecule has 1 amide bonds. The molecule has 0 aliphatic rings. The third kappa shape index (κ3) is 4.98. The van der Waals surface area contributed by atoms with Gasteiger partial charge in [0.05, 0.1) is 11.1 Å². The summed E-state index contributed by atoms with van der Waals surface area (Å²) in [6, 6.07) is 5.66. The normalized spacial score (nSPS) is 13.2. The van der Waals surface area contributed by atoms with Crippen molar-refractivity contribution in [1.29, 1.82) is 0 Å². The van der Waals surface area contributed by atoms with E-state index in [0.717, 1.165) is 0 Å². The number of benzene rings is 2. The van der Waals surface area contributed by atoms with Crippen LogP contribution in [0.1, 0.15) is 27.0 Å². The molecule has 3 N–H and O–H groups in total. The Morgan fingerprint density at radius 2 is 1.55 bits per heavy atom. The van der Waals surface area contributed by atoms with Crippen LogP contribution in [-0.2, 0) is 23.6 Å². The van der Waals surface area contributed by atoms with Crippen LogP contribution in [0.15, 0.2) is 48.7 Å². The van der Waals surface area contributed by atoms with Crippen LogP contribution in [0, 0.1) is 0 Å². The molecule has 5 nitrogen and oxygen atoms in total. The summed E-state index contributed by atoms with van der Waals surface area (Å²) in [6.07, 6.45) is -8.99. The SMILES string of the molecule is O=C(N[C@@H](Cc1c[nH]c2ccccc12)C(=O)O)c1cc(C(F)(F)F)cc(C(F)(F)F)c1. The predicted molar refractivity (Wildman–Crippen MR) is 97.3 cm³/mol. The summed E-state index contributed by atoms with van der Waals surface area (Å²) in [5, 5.41) is 12.1. The van der Waals surface area contributed by atoms with Crippen molar-refractivity contribution < 1.29 is 41.0 Å². The van der Waals surface area contributed by atoms with Crippen molar-refractivity contribution in [2.24, 2.45) is 0 Å². The van der Waals surface area contributed by atoms with Gasteiger partial charge in [0.15, 0.2) is 0 Å². The lowest BCUT2D eigenvalue weighted by atomic mass is 10.0. The average molecular weight is 444 g/mol. The highest BCUT2D eigenvalue weighted by atomic mass is 19.4. The maximum absolute atomic E-state index is 13.0. The van der Waals surface area contributed by atoms with E-state index in [4.69, 9.17) is 0 Å². The predicted octanol–water partition coefficient (Wildman–Crippen LogP) is 4.63. The number of aromatic nitrogens is 1. The number of carboxylic acids is 1. The van der Waals surface area contributed by atoms with Gasteiger partial charge in [0, 0.05) is 29.1 Å². The van der Waals surface area contributed by atoms with E-state index in [1.165, 1.54) is 6.20 Å². The smallest absolute Gasteiger partial charge is 0.416 e. The first-order valence-electron chi connectivity index (χ1n) is 8.74. The minimum absolute atomic E-state index is 0.114. The van der Waals surface area contributed by atoms with Crippen molar-refractivity contribution in [3.63, 3.8) is 0 Å². The standard InChI is InChI=1S/C20H14F6N2O3/c21-19(22,23)12-5-10(6-13(8-12)20(24,25)26)17(29)28-16(18(30)31)7-11-9-27-15-4-2-1-3-14(11)15/h1-6,8-9,16,27H,7H2,(H,28,29)(H,30,31)/t16-/m0/s1. The van der Waals surface area contributed by atoms with Gasteiger partial charge in [-0.25, -0.2) is 4.79 Å². The van der Waals surface area contributed by atoms with Gasteiger partial charge in [-0.3, -0.25) is 4.79 Å². The third-order valence-electron chi connectivity index (χ3n) is 4.55. The molecule has 0 saturated carbocycles. The fourth-order valence-electron chi connectivity index (χ4n) is 3.05. The van der Waals surface area contributed by atoms with Crippen LogP contribution in [0.2, 0.25) is 0 Å². The number of carbonyl (C=O) groups excluding carboxylic acids is 1. The van der Waals surface area contributed by atoms with E-state index in [-0.39, 0.29) is 24.6 Å². The molecule has 1 heterocycles. The zero-order chi connectivity index (χ0) is 23.0. The molecule has 0 fully saturated rings. The summed E-state index contributed by atoms with van der Waals surface area (Å²) in [5.74, 6) is -2.87. The minimum Gasteiger partial charge on any atom is -0.480 e. The number of aliphatic carboxylic acids is 1. The molecule has 0 bridgehead atoms. The summed E-state index contributed by atoms with van der Waals surface area (Å²) in [6.45, 7) is 0. The Kier molecular flexibility index (Phi) is 5.70. The zero-order valence-electron chi connectivity index (χ0n) is 15.4. The van der Waals surface area contributed by atoms with Crippen molar-refractivity contribution in [1.82, 2.24) is 10.3 Å². The van der Waals surface area contributed by atoms with Crippen molar-refractivity contribution in [2.45, 2.75) is 24.8 Å². The number of nitrogens with one attached hydrogen (secondary N) is 2. The first kappa shape index (κ1) is 22.2. The van der Waals surface area contributed by atoms with Gasteiger partial charge in [0.2, 0.25) is 0 Å². The molecular weight excluding hydrogens is 430 g/mol. The van der Waals surface area contributed by atoms with Gasteiger partial charge in [0.1, 0.15) is 6.04 Å². The number of fused-ring (bicyclic) bond motifs is 1. The summed E-state index contributed by atoms with van der Waals surface area (Å²) in [7, 11) is 0. The van der Waals surface area contributed by atoms with Gasteiger partial charge in [-0.1, -0.05) is 18.2 Å². The van der Waals surface area contributed by atoms with E-state index < -0.39 is 47.0 Å². The third-order valence-corrected chi connectivity index (χ3v) is 4.55. The number of amides is 1. The first-order chi connectivity index (χ1) is 14.4. The summed E-state index contributed by atoms with van der Waals surface area (Å²) >= 11 is 0. The molecule has 1 atom stereocenters. The molecule has 3 rings (SSSR count). The zero-order valence-corrected chi connectivity index (χ0v) is 15.4. The lowest BCUT2D eigenvalue weighted by Gasteiger charge is -2.17. The van der Waals surface area contributed by atoms with Gasteiger partial charge in [-0.15, -0.1) is 0 Å². The van der Waals surface area contributed by atoms with E-state index >= 15 is 0 Å². The first-order valence-corrected chi connectivity index (χ1v) is 8.74. The van der Waals surface area contributed by atoms with Crippen LogP contribution in [0.3, 0.4) is 0 Å². The Labute approximate surface area is 170 Å². The summed E-state index contributed by atoms with van der Waals surface area (Å²) < 4.78 is 78.0. The number of rotatable bonds is 5. The van der Waals surface area contributed by atoms with Crippen molar-refractivity contribution in [2.75, 3.05) is 0 Å². The summed E-state index contributed by atoms with van der Waals surface area (Å²) in [4.78, 5) is 26.9. The van der Waals surface area contributed by atoms with Gasteiger partial charge >= 0.3 is 18.3 Å². The number of hydrogen-bond donors (Lipinski definition) is 3. The second kappa shape index (κ2) is 7.97. The molecule has 0 aliphatic heterocycles. The summed E-state index contributed by atoms with van der Waals surface area (Å²) in [5.41, 5.74) is -3.09. The topological polar surface area (TPSA) is 82.2 Å². The van der Waals surface area contributed by atoms with Gasteiger partial charge in [0.25, 0.3) is 5.91 Å². The second-order valence-corrected chi connectivity index (χ2v) is 6.72. The highest BCUT2D eigenvalue weighted by Crippen LogP contribution is 2.36. The molecule has 0 saturated heterocycles. The Morgan fingerprint density at radius 1 is 0.968 bits per heavy atom. The molecule has 0 radical (unpaired) electrons. The average Bonchev–Trinajstić information content (AvgIpc) is 3.08. The lowest BCUT2D eigenvalue weighted by molar-refractivity contribution is -0.143. The van der Waals surface area contributed by atoms with E-state index in [2.05, 4.69) is 4.98 Å². The van der Waals surface area contributed by atoms with E-state index in [0.29, 0.717) is 16.5 Å². The van der Waals surface area contributed by atoms with Crippen molar-refractivity contribution in [3.8, 4) is 0 Å². The molecule has 3 aromatic rings. The van der Waals surface area contributed by atoms with Crippen LogP contribution in [0.4, 0.5) is 26.3 Å². The van der Waals surface area contributed by atoms with Crippen LogP contribution >= 0.6 is 0 Å². The molecule has 0 unspecified atom stereocenters. The Balaban J connectivity index is 1.91. The maximum Gasteiger partial charge on any atom is 0.416 e. The maximum atomic E-state index is 13.0. The second-order valence-electron chi connectivity index (χ2n) is 6.72. The van der Waals surface area contributed by atoms with Crippen LogP contribution in [0.25, 0.3) is 10.9 Å². The Bertz CT molecular complexity index is 1100. The highest BCUT2D eigenvalue weighted by molar-refractivity contribution is 5.97. The van der Waals surface area contributed by atoms with Gasteiger partial charge in [-0.05, 0) is 29.8 Å². The van der Waals surface area contributed by atoms with E-state index in [1.807, 2.05) is 5.32 Å². The van der Waals surface area contributed by atoms with Crippen molar-refractivity contribution in [3.05, 3.63) is 70.9 Å². The molecular formula is C20H14F6N2O3. The van der Waals surface area contributed by atoms with E-state index in [9.17, 15) is 41.0 Å². The van der Waals surface area contributed by atoms with Crippen LogP contribution in [-0.4, -0.2) is 28.0 Å². The molecule has 0 spiro atoms. The van der Waals surface area contributed by atoms with Crippen LogP contribution in [0.5, 0.6) is 0 Å². The fourth-order valence-corrected chi connectivity index (χ4v) is 3.05. The molecule has 164 valence electrons. The number of aromatic amines is 1.